The number of benzene rings is 2. The van der Waals surface area contributed by atoms with Crippen LogP contribution in [-0.4, -0.2) is 52.1 Å². The Kier molecular flexibility index (Phi) is 4.95. The van der Waals surface area contributed by atoms with Gasteiger partial charge < -0.3 is 24.6 Å². The van der Waals surface area contributed by atoms with Crippen LogP contribution < -0.4 is 4.74 Å². The molecule has 148 valence electrons. The summed E-state index contributed by atoms with van der Waals surface area (Å²) in [6, 6.07) is 15.3. The number of carbonyl (C=O) groups is 1. The molecule has 2 aliphatic rings. The minimum absolute atomic E-state index is 0.0363. The highest BCUT2D eigenvalue weighted by atomic mass is 19.1. The first kappa shape index (κ1) is 18.7. The van der Waals surface area contributed by atoms with Crippen molar-refractivity contribution in [2.75, 3.05) is 13.1 Å². The molecule has 0 bridgehead atoms. The van der Waals surface area contributed by atoms with Gasteiger partial charge in [0.15, 0.2) is 11.6 Å². The molecule has 4 rings (SSSR count). The third-order valence-corrected chi connectivity index (χ3v) is 5.55. The van der Waals surface area contributed by atoms with Crippen molar-refractivity contribution in [2.45, 2.75) is 30.8 Å². The van der Waals surface area contributed by atoms with E-state index in [-0.39, 0.29) is 31.4 Å². The lowest BCUT2D eigenvalue weighted by atomic mass is 9.93. The van der Waals surface area contributed by atoms with E-state index < -0.39 is 29.7 Å². The van der Waals surface area contributed by atoms with Gasteiger partial charge in [0, 0.05) is 12.5 Å². The molecule has 0 radical (unpaired) electrons. The monoisotopic (exact) mass is 387 g/mol. The van der Waals surface area contributed by atoms with Gasteiger partial charge in [0.1, 0.15) is 24.4 Å². The molecule has 2 N–H and O–H groups in total. The summed E-state index contributed by atoms with van der Waals surface area (Å²) in [7, 11) is 0. The van der Waals surface area contributed by atoms with Crippen LogP contribution in [0.5, 0.6) is 5.75 Å². The fourth-order valence-electron chi connectivity index (χ4n) is 4.03. The number of nitrogens with zero attached hydrogens (tertiary/aromatic N) is 1. The van der Waals surface area contributed by atoms with E-state index in [1.807, 2.05) is 30.3 Å². The first-order chi connectivity index (χ1) is 13.5. The number of likely N-dealkylation sites (tertiary alicyclic amines) is 1. The van der Waals surface area contributed by atoms with E-state index in [0.29, 0.717) is 6.42 Å². The van der Waals surface area contributed by atoms with E-state index >= 15 is 0 Å². The summed E-state index contributed by atoms with van der Waals surface area (Å²) in [6.45, 7) is 0.336. The quantitative estimate of drug-likeness (QED) is 0.842. The maximum Gasteiger partial charge on any atom is 0.410 e. The second-order valence-corrected chi connectivity index (χ2v) is 7.38. The van der Waals surface area contributed by atoms with Crippen LogP contribution in [0.4, 0.5) is 9.18 Å². The van der Waals surface area contributed by atoms with Crippen LogP contribution >= 0.6 is 0 Å². The van der Waals surface area contributed by atoms with Gasteiger partial charge in [-0.25, -0.2) is 9.18 Å². The van der Waals surface area contributed by atoms with Crippen LogP contribution in [-0.2, 0) is 11.3 Å². The Morgan fingerprint density at radius 1 is 1.18 bits per heavy atom. The molecule has 1 amide bonds. The van der Waals surface area contributed by atoms with Crippen LogP contribution in [0, 0.1) is 11.7 Å². The minimum atomic E-state index is -1.50. The predicted molar refractivity (Wildman–Crippen MR) is 98.1 cm³/mol. The molecule has 2 aromatic rings. The van der Waals surface area contributed by atoms with Crippen molar-refractivity contribution in [3.63, 3.8) is 0 Å². The summed E-state index contributed by atoms with van der Waals surface area (Å²) in [6.07, 6.45) is -2.20. The van der Waals surface area contributed by atoms with Gasteiger partial charge in [0.05, 0.1) is 6.54 Å². The lowest BCUT2D eigenvalue weighted by Gasteiger charge is -2.28. The smallest absolute Gasteiger partial charge is 0.410 e. The Morgan fingerprint density at radius 3 is 2.61 bits per heavy atom. The number of aliphatic hydroxyl groups is 2. The third kappa shape index (κ3) is 3.43. The molecule has 1 heterocycles. The zero-order valence-electron chi connectivity index (χ0n) is 15.2. The second-order valence-electron chi connectivity index (χ2n) is 7.38. The van der Waals surface area contributed by atoms with Crippen molar-refractivity contribution in [3.05, 3.63) is 66.0 Å². The van der Waals surface area contributed by atoms with Crippen LogP contribution in [0.2, 0.25) is 0 Å². The average molecular weight is 387 g/mol. The van der Waals surface area contributed by atoms with Crippen molar-refractivity contribution < 1.29 is 28.9 Å². The van der Waals surface area contributed by atoms with Gasteiger partial charge in [-0.05, 0) is 24.1 Å². The van der Waals surface area contributed by atoms with Crippen molar-refractivity contribution >= 4 is 6.09 Å². The number of carbonyl (C=O) groups excluding carboxylic acids is 1. The van der Waals surface area contributed by atoms with Gasteiger partial charge in [-0.1, -0.05) is 42.5 Å². The van der Waals surface area contributed by atoms with E-state index in [2.05, 4.69) is 0 Å². The van der Waals surface area contributed by atoms with Crippen molar-refractivity contribution in [3.8, 4) is 5.75 Å². The normalized spacial score (nSPS) is 28.8. The third-order valence-electron chi connectivity index (χ3n) is 5.55. The molecule has 1 aliphatic heterocycles. The highest BCUT2D eigenvalue weighted by molar-refractivity contribution is 5.68. The number of ether oxygens (including phenoxy) is 2. The molecule has 0 aromatic heterocycles. The standard InChI is InChI=1S/C21H22FNO5/c22-16-8-4-5-9-17(16)28-18-10-15-11-23(13-21(15,26)19(18)24)20(25)27-12-14-6-2-1-3-7-14/h1-9,15,18-19,24,26H,10-13H2/t15-,18+,19+,21-/m0/s1. The Morgan fingerprint density at radius 2 is 1.89 bits per heavy atom. The van der Waals surface area contributed by atoms with Crippen molar-refractivity contribution in [1.29, 1.82) is 0 Å². The van der Waals surface area contributed by atoms with Crippen LogP contribution in [0.25, 0.3) is 0 Å². The fourth-order valence-corrected chi connectivity index (χ4v) is 4.03. The number of para-hydroxylation sites is 1. The highest BCUT2D eigenvalue weighted by Gasteiger charge is 2.60. The lowest BCUT2D eigenvalue weighted by Crippen LogP contribution is -2.49. The van der Waals surface area contributed by atoms with Gasteiger partial charge in [-0.3, -0.25) is 0 Å². The van der Waals surface area contributed by atoms with E-state index in [4.69, 9.17) is 9.47 Å². The Balaban J connectivity index is 1.37. The first-order valence-electron chi connectivity index (χ1n) is 9.24. The molecule has 28 heavy (non-hydrogen) atoms. The van der Waals surface area contributed by atoms with Crippen LogP contribution in [0.15, 0.2) is 54.6 Å². The van der Waals surface area contributed by atoms with E-state index in [1.165, 1.54) is 17.0 Å². The number of fused-ring (bicyclic) bond motifs is 1. The molecule has 0 spiro atoms. The average Bonchev–Trinajstić information content (AvgIpc) is 3.15. The minimum Gasteiger partial charge on any atom is -0.485 e. The van der Waals surface area contributed by atoms with Crippen LogP contribution in [0.3, 0.4) is 0 Å². The summed E-state index contributed by atoms with van der Waals surface area (Å²) in [5.41, 5.74) is -0.630. The molecule has 1 saturated heterocycles. The topological polar surface area (TPSA) is 79.2 Å². The van der Waals surface area contributed by atoms with Gasteiger partial charge in [-0.2, -0.15) is 0 Å². The zero-order chi connectivity index (χ0) is 19.7. The summed E-state index contributed by atoms with van der Waals surface area (Å²) in [5, 5.41) is 21.6. The molecule has 1 saturated carbocycles. The lowest BCUT2D eigenvalue weighted by molar-refractivity contribution is -0.0863. The van der Waals surface area contributed by atoms with E-state index in [9.17, 15) is 19.4 Å². The number of rotatable bonds is 4. The molecule has 6 nitrogen and oxygen atoms in total. The van der Waals surface area contributed by atoms with Gasteiger partial charge in [0.2, 0.25) is 0 Å². The van der Waals surface area contributed by atoms with Crippen molar-refractivity contribution in [1.82, 2.24) is 4.90 Å². The summed E-state index contributed by atoms with van der Waals surface area (Å²) >= 11 is 0. The number of hydrogen-bond donors (Lipinski definition) is 2. The molecule has 4 atom stereocenters. The Bertz CT molecular complexity index is 848. The Hall–Kier alpha value is -2.64. The predicted octanol–water partition coefficient (Wildman–Crippen LogP) is 2.34. The fraction of sp³-hybridized carbons (Fsp3) is 0.381. The number of aliphatic hydroxyl groups excluding tert-OH is 1. The number of hydrogen-bond acceptors (Lipinski definition) is 5. The number of halogens is 1. The second kappa shape index (κ2) is 7.41. The van der Waals surface area contributed by atoms with Gasteiger partial charge >= 0.3 is 6.09 Å². The zero-order valence-corrected chi connectivity index (χ0v) is 15.2. The SMILES string of the molecule is O=C(OCc1ccccc1)N1C[C@@H]2C[C@@H](Oc3ccccc3F)[C@@H](O)[C@]2(O)C1. The van der Waals surface area contributed by atoms with Crippen molar-refractivity contribution in [2.24, 2.45) is 5.92 Å². The molecule has 7 heteroatoms. The Labute approximate surface area is 162 Å². The maximum atomic E-state index is 13.8. The number of β-amino-alcohol motifs (C(OH)–C–C–N with tert-alkyl or cyclic N) is 1. The largest absolute Gasteiger partial charge is 0.485 e. The molecule has 2 fully saturated rings. The molecule has 2 aromatic carbocycles. The first-order valence-corrected chi connectivity index (χ1v) is 9.24. The summed E-state index contributed by atoms with van der Waals surface area (Å²) < 4.78 is 24.7. The number of amides is 1. The maximum absolute atomic E-state index is 13.8. The molecule has 1 aliphatic carbocycles. The van der Waals surface area contributed by atoms with Crippen LogP contribution in [0.1, 0.15) is 12.0 Å². The molecule has 0 unspecified atom stereocenters. The van der Waals surface area contributed by atoms with E-state index in [0.717, 1.165) is 5.56 Å². The van der Waals surface area contributed by atoms with Gasteiger partial charge in [0.25, 0.3) is 0 Å². The van der Waals surface area contributed by atoms with E-state index in [1.54, 1.807) is 12.1 Å². The highest BCUT2D eigenvalue weighted by Crippen LogP contribution is 2.43. The summed E-state index contributed by atoms with van der Waals surface area (Å²) in [5.74, 6) is -0.859. The molecular weight excluding hydrogens is 365 g/mol. The van der Waals surface area contributed by atoms with Gasteiger partial charge in [-0.15, -0.1) is 0 Å². The molecular formula is C21H22FNO5. The summed E-state index contributed by atoms with van der Waals surface area (Å²) in [4.78, 5) is 13.7.